The highest BCUT2D eigenvalue weighted by Gasteiger charge is 2.22. The molecular formula is C52H98NO9P. The van der Waals surface area contributed by atoms with E-state index >= 15 is 0 Å². The zero-order valence-corrected chi connectivity index (χ0v) is 42.3. The lowest BCUT2D eigenvalue weighted by atomic mass is 10.0. The summed E-state index contributed by atoms with van der Waals surface area (Å²) in [6.45, 7) is 4.03. The van der Waals surface area contributed by atoms with Crippen molar-refractivity contribution in [2.45, 2.75) is 238 Å². The second kappa shape index (κ2) is 44.0. The summed E-state index contributed by atoms with van der Waals surface area (Å²) in [5.41, 5.74) is 0. The summed E-state index contributed by atoms with van der Waals surface area (Å²) in [5.74, 6) is -1.02. The molecule has 0 aromatic heterocycles. The largest absolute Gasteiger partial charge is 0.756 e. The Morgan fingerprint density at radius 3 is 1.57 bits per heavy atom. The molecule has 0 aliphatic carbocycles. The highest BCUT2D eigenvalue weighted by molar-refractivity contribution is 7.45. The minimum Gasteiger partial charge on any atom is -0.756 e. The van der Waals surface area contributed by atoms with Crippen LogP contribution in [0.3, 0.4) is 0 Å². The maximum atomic E-state index is 12.7. The van der Waals surface area contributed by atoms with Crippen LogP contribution in [0, 0.1) is 0 Å². The van der Waals surface area contributed by atoms with E-state index in [4.69, 9.17) is 18.5 Å². The second-order valence-corrected chi connectivity index (χ2v) is 20.2. The highest BCUT2D eigenvalue weighted by atomic mass is 31.2. The van der Waals surface area contributed by atoms with Gasteiger partial charge >= 0.3 is 11.9 Å². The molecule has 0 aromatic rings. The van der Waals surface area contributed by atoms with E-state index in [2.05, 4.69) is 26.0 Å². The number of aliphatic hydroxyl groups is 1. The normalized spacial score (nSPS) is 14.2. The smallest absolute Gasteiger partial charge is 0.306 e. The van der Waals surface area contributed by atoms with E-state index < -0.39 is 38.6 Å². The number of unbranched alkanes of at least 4 members (excludes halogenated alkanes) is 26. The molecule has 0 spiro atoms. The summed E-state index contributed by atoms with van der Waals surface area (Å²) in [7, 11) is 1.06. The van der Waals surface area contributed by atoms with Crippen molar-refractivity contribution < 1.29 is 47.2 Å². The lowest BCUT2D eigenvalue weighted by Crippen LogP contribution is -2.37. The Hall–Kier alpha value is -1.81. The average molecular weight is 912 g/mol. The standard InChI is InChI=1S/C52H98NO9P/c1-6-8-10-12-14-16-18-20-21-22-23-24-25-26-27-29-31-33-35-37-39-43-51(55)59-47-50(48-61-63(57,58)60-46-45-53(3,4)5)62-52(56)44-40-42-49(54)41-38-36-34-32-30-28-19-17-15-13-11-9-7-2/h28,30,34,36,38,41,49-50,54H,6-27,29,31-33,35,37,39-40,42-48H2,1-5H3/b30-28+,36-34+,41-38+/t49?,50-/m1/s1. The molecular weight excluding hydrogens is 814 g/mol. The molecule has 0 amide bonds. The number of nitrogens with zero attached hydrogens (tertiary/aromatic N) is 1. The Kier molecular flexibility index (Phi) is 42.8. The number of rotatable bonds is 47. The van der Waals surface area contributed by atoms with Crippen LogP contribution in [-0.2, 0) is 32.7 Å². The predicted molar refractivity (Wildman–Crippen MR) is 260 cm³/mol. The molecule has 0 heterocycles. The molecule has 1 N–H and O–H groups in total. The van der Waals surface area contributed by atoms with E-state index in [0.717, 1.165) is 32.1 Å². The maximum Gasteiger partial charge on any atom is 0.306 e. The van der Waals surface area contributed by atoms with E-state index in [1.54, 1.807) is 12.2 Å². The molecule has 0 saturated carbocycles. The number of likely N-dealkylation sites (N-methyl/N-ethyl adjacent to an activating group) is 1. The van der Waals surface area contributed by atoms with Crippen molar-refractivity contribution >= 4 is 19.8 Å². The van der Waals surface area contributed by atoms with Gasteiger partial charge in [-0.25, -0.2) is 0 Å². The van der Waals surface area contributed by atoms with Gasteiger partial charge in [0.15, 0.2) is 6.10 Å². The number of phosphoric ester groups is 1. The molecule has 3 atom stereocenters. The first-order valence-electron chi connectivity index (χ1n) is 25.8. The Morgan fingerprint density at radius 1 is 0.587 bits per heavy atom. The van der Waals surface area contributed by atoms with Gasteiger partial charge in [-0.05, 0) is 38.5 Å². The van der Waals surface area contributed by atoms with Crippen LogP contribution in [0.4, 0.5) is 0 Å². The van der Waals surface area contributed by atoms with Crippen LogP contribution in [-0.4, -0.2) is 81.2 Å². The Labute approximate surface area is 387 Å². The summed E-state index contributed by atoms with van der Waals surface area (Å²) in [6.07, 6.45) is 47.8. The van der Waals surface area contributed by atoms with Gasteiger partial charge in [-0.1, -0.05) is 211 Å². The molecule has 0 bridgehead atoms. The van der Waals surface area contributed by atoms with Crippen LogP contribution in [0.15, 0.2) is 36.5 Å². The number of ether oxygens (including phenoxy) is 2. The summed E-state index contributed by atoms with van der Waals surface area (Å²) in [6, 6.07) is 0. The van der Waals surface area contributed by atoms with Crippen LogP contribution >= 0.6 is 7.82 Å². The summed E-state index contributed by atoms with van der Waals surface area (Å²) >= 11 is 0. The van der Waals surface area contributed by atoms with E-state index in [1.807, 2.05) is 33.3 Å². The lowest BCUT2D eigenvalue weighted by Gasteiger charge is -2.28. The van der Waals surface area contributed by atoms with Crippen molar-refractivity contribution in [3.05, 3.63) is 36.5 Å². The van der Waals surface area contributed by atoms with Crippen molar-refractivity contribution in [1.29, 1.82) is 0 Å². The quantitative estimate of drug-likeness (QED) is 0.0158. The predicted octanol–water partition coefficient (Wildman–Crippen LogP) is 13.6. The summed E-state index contributed by atoms with van der Waals surface area (Å²) < 4.78 is 33.9. The third-order valence-corrected chi connectivity index (χ3v) is 12.2. The number of carbonyl (C=O) groups is 2. The molecule has 0 aliphatic rings. The van der Waals surface area contributed by atoms with Crippen LogP contribution < -0.4 is 4.89 Å². The van der Waals surface area contributed by atoms with Crippen LogP contribution in [0.1, 0.15) is 226 Å². The molecule has 2 unspecified atom stereocenters. The first-order chi connectivity index (χ1) is 30.4. The summed E-state index contributed by atoms with van der Waals surface area (Å²) in [4.78, 5) is 37.7. The fourth-order valence-corrected chi connectivity index (χ4v) is 7.92. The monoisotopic (exact) mass is 912 g/mol. The minimum atomic E-state index is -4.68. The number of allylic oxidation sites excluding steroid dienone is 5. The molecule has 0 rings (SSSR count). The molecule has 63 heavy (non-hydrogen) atoms. The number of hydrogen-bond acceptors (Lipinski definition) is 9. The number of esters is 2. The minimum absolute atomic E-state index is 0.00304. The van der Waals surface area contributed by atoms with Crippen LogP contribution in [0.2, 0.25) is 0 Å². The fraction of sp³-hybridized carbons (Fsp3) is 0.846. The van der Waals surface area contributed by atoms with Gasteiger partial charge in [0, 0.05) is 12.8 Å². The SMILES string of the molecule is CCCCCCCC/C=C/C/C=C/C=C/C(O)CCCC(=O)O[C@H](COC(=O)CCCCCCCCCCCCCCCCCCCCCCC)COP(=O)([O-])OCC[N+](C)(C)C. The number of phosphoric acid groups is 1. The molecule has 0 radical (unpaired) electrons. The third-order valence-electron chi connectivity index (χ3n) is 11.3. The second-order valence-electron chi connectivity index (χ2n) is 18.7. The van der Waals surface area contributed by atoms with Gasteiger partial charge < -0.3 is 33.0 Å². The molecule has 0 aromatic carbocycles. The van der Waals surface area contributed by atoms with Gasteiger partial charge in [0.1, 0.15) is 19.8 Å². The van der Waals surface area contributed by atoms with Gasteiger partial charge in [-0.3, -0.25) is 14.2 Å². The van der Waals surface area contributed by atoms with Crippen molar-refractivity contribution in [2.75, 3.05) is 47.5 Å². The Morgan fingerprint density at radius 2 is 1.06 bits per heavy atom. The van der Waals surface area contributed by atoms with Gasteiger partial charge in [-0.2, -0.15) is 0 Å². The van der Waals surface area contributed by atoms with Gasteiger partial charge in [-0.15, -0.1) is 0 Å². The Balaban J connectivity index is 4.37. The lowest BCUT2D eigenvalue weighted by molar-refractivity contribution is -0.870. The third kappa shape index (κ3) is 48.0. The number of carbonyl (C=O) groups excluding carboxylic acids is 2. The number of aliphatic hydroxyl groups excluding tert-OH is 1. The van der Waals surface area contributed by atoms with E-state index in [-0.39, 0.29) is 26.1 Å². The first-order valence-corrected chi connectivity index (χ1v) is 27.3. The number of hydrogen-bond donors (Lipinski definition) is 1. The summed E-state index contributed by atoms with van der Waals surface area (Å²) in [5, 5.41) is 10.3. The Bertz CT molecular complexity index is 1180. The van der Waals surface area contributed by atoms with Gasteiger partial charge in [0.05, 0.1) is 33.9 Å². The average Bonchev–Trinajstić information content (AvgIpc) is 3.23. The topological polar surface area (TPSA) is 131 Å². The molecule has 370 valence electrons. The van der Waals surface area contributed by atoms with Crippen LogP contribution in [0.25, 0.3) is 0 Å². The van der Waals surface area contributed by atoms with Crippen molar-refractivity contribution in [2.24, 2.45) is 0 Å². The van der Waals surface area contributed by atoms with Crippen molar-refractivity contribution in [1.82, 2.24) is 0 Å². The van der Waals surface area contributed by atoms with E-state index in [0.29, 0.717) is 30.3 Å². The molecule has 0 fully saturated rings. The number of quaternary nitrogens is 1. The zero-order chi connectivity index (χ0) is 46.5. The molecule has 11 heteroatoms. The van der Waals surface area contributed by atoms with E-state index in [9.17, 15) is 24.2 Å². The van der Waals surface area contributed by atoms with E-state index in [1.165, 1.54) is 148 Å². The zero-order valence-electron chi connectivity index (χ0n) is 41.4. The molecule has 0 saturated heterocycles. The maximum absolute atomic E-state index is 12.7. The van der Waals surface area contributed by atoms with Crippen molar-refractivity contribution in [3.63, 3.8) is 0 Å². The fourth-order valence-electron chi connectivity index (χ4n) is 7.19. The van der Waals surface area contributed by atoms with Crippen LogP contribution in [0.5, 0.6) is 0 Å². The molecule has 10 nitrogen and oxygen atoms in total. The molecule has 0 aliphatic heterocycles. The highest BCUT2D eigenvalue weighted by Crippen LogP contribution is 2.38. The van der Waals surface area contributed by atoms with Crippen molar-refractivity contribution in [3.8, 4) is 0 Å². The van der Waals surface area contributed by atoms with Gasteiger partial charge in [0.25, 0.3) is 7.82 Å². The van der Waals surface area contributed by atoms with Gasteiger partial charge in [0.2, 0.25) is 0 Å². The first kappa shape index (κ1) is 61.2.